The molecule has 0 fully saturated rings. The van der Waals surface area contributed by atoms with E-state index in [4.69, 9.17) is 5.73 Å². The van der Waals surface area contributed by atoms with Crippen LogP contribution in [0, 0.1) is 0 Å². The van der Waals surface area contributed by atoms with Gasteiger partial charge in [0.05, 0.1) is 12.1 Å². The molecule has 3 nitrogen and oxygen atoms in total. The van der Waals surface area contributed by atoms with Gasteiger partial charge in [0, 0.05) is 10.6 Å². The largest absolute Gasteiger partial charge is 0.348 e. The first-order valence-corrected chi connectivity index (χ1v) is 8.54. The zero-order chi connectivity index (χ0) is 15.4. The van der Waals surface area contributed by atoms with Crippen LogP contribution >= 0.6 is 24.2 Å². The lowest BCUT2D eigenvalue weighted by Crippen LogP contribution is -2.44. The zero-order valence-electron chi connectivity index (χ0n) is 12.8. The second-order valence-electron chi connectivity index (χ2n) is 5.53. The number of benzene rings is 2. The van der Waals surface area contributed by atoms with E-state index in [0.29, 0.717) is 6.42 Å². The lowest BCUT2D eigenvalue weighted by Gasteiger charge is -2.27. The van der Waals surface area contributed by atoms with Crippen molar-refractivity contribution in [2.75, 3.05) is 5.75 Å². The molecule has 1 heterocycles. The minimum Gasteiger partial charge on any atom is -0.348 e. The fraction of sp³-hybridized carbons (Fsp3) is 0.278. The van der Waals surface area contributed by atoms with Gasteiger partial charge in [0.2, 0.25) is 5.91 Å². The Morgan fingerprint density at radius 1 is 1.17 bits per heavy atom. The highest BCUT2D eigenvalue weighted by Crippen LogP contribution is 2.35. The van der Waals surface area contributed by atoms with E-state index in [1.165, 1.54) is 10.5 Å². The molecule has 0 spiro atoms. The van der Waals surface area contributed by atoms with E-state index in [-0.39, 0.29) is 24.4 Å². The standard InChI is InChI=1S/C18H20N2OS.ClH/c19-15(12-13-6-2-1-3-7-13)18(21)20-16-10-11-22-17-9-5-4-8-14(16)17;/h1-9,15-16H,10-12,19H2,(H,20,21);1H. The summed E-state index contributed by atoms with van der Waals surface area (Å²) in [5.74, 6) is 0.950. The molecule has 23 heavy (non-hydrogen) atoms. The molecule has 122 valence electrons. The van der Waals surface area contributed by atoms with E-state index in [0.717, 1.165) is 17.7 Å². The number of rotatable bonds is 4. The lowest BCUT2D eigenvalue weighted by atomic mass is 10.0. The number of hydrogen-bond donors (Lipinski definition) is 2. The topological polar surface area (TPSA) is 55.1 Å². The van der Waals surface area contributed by atoms with Crippen molar-refractivity contribution in [3.05, 3.63) is 65.7 Å². The molecular weight excluding hydrogens is 328 g/mol. The van der Waals surface area contributed by atoms with Crippen LogP contribution in [0.15, 0.2) is 59.5 Å². The van der Waals surface area contributed by atoms with Crippen LogP contribution in [0.4, 0.5) is 0 Å². The summed E-state index contributed by atoms with van der Waals surface area (Å²) in [7, 11) is 0. The molecule has 0 radical (unpaired) electrons. The van der Waals surface area contributed by atoms with Gasteiger partial charge in [-0.2, -0.15) is 0 Å². The second kappa shape index (κ2) is 8.39. The quantitative estimate of drug-likeness (QED) is 0.891. The van der Waals surface area contributed by atoms with Crippen LogP contribution in [0.1, 0.15) is 23.6 Å². The van der Waals surface area contributed by atoms with Crippen molar-refractivity contribution in [1.29, 1.82) is 0 Å². The number of nitrogens with two attached hydrogens (primary N) is 1. The zero-order valence-corrected chi connectivity index (χ0v) is 14.4. The van der Waals surface area contributed by atoms with E-state index >= 15 is 0 Å². The average molecular weight is 349 g/mol. The predicted octanol–water partition coefficient (Wildman–Crippen LogP) is 3.33. The molecule has 3 rings (SSSR count). The molecule has 1 aliphatic rings. The monoisotopic (exact) mass is 348 g/mol. The van der Waals surface area contributed by atoms with Crippen molar-refractivity contribution in [1.82, 2.24) is 5.32 Å². The van der Waals surface area contributed by atoms with Gasteiger partial charge in [-0.05, 0) is 30.0 Å². The van der Waals surface area contributed by atoms with Crippen molar-refractivity contribution in [2.45, 2.75) is 29.8 Å². The Labute approximate surface area is 147 Å². The van der Waals surface area contributed by atoms with Crippen LogP contribution in [-0.2, 0) is 11.2 Å². The van der Waals surface area contributed by atoms with E-state index in [1.54, 1.807) is 0 Å². The van der Waals surface area contributed by atoms with Crippen LogP contribution in [-0.4, -0.2) is 17.7 Å². The Kier molecular flexibility index (Phi) is 6.51. The average Bonchev–Trinajstić information content (AvgIpc) is 2.56. The Hall–Kier alpha value is -1.49. The summed E-state index contributed by atoms with van der Waals surface area (Å²) < 4.78 is 0. The molecule has 2 atom stereocenters. The normalized spacial score (nSPS) is 17.5. The summed E-state index contributed by atoms with van der Waals surface area (Å²) in [5.41, 5.74) is 8.36. The summed E-state index contributed by atoms with van der Waals surface area (Å²) in [5, 5.41) is 3.12. The van der Waals surface area contributed by atoms with Crippen molar-refractivity contribution < 1.29 is 4.79 Å². The van der Waals surface area contributed by atoms with E-state index in [2.05, 4.69) is 17.4 Å². The summed E-state index contributed by atoms with van der Waals surface area (Å²) in [6, 6.07) is 17.7. The number of carbonyl (C=O) groups excluding carboxylic acids is 1. The molecule has 0 aromatic heterocycles. The predicted molar refractivity (Wildman–Crippen MR) is 98.0 cm³/mol. The fourth-order valence-corrected chi connectivity index (χ4v) is 3.86. The Morgan fingerprint density at radius 2 is 1.87 bits per heavy atom. The van der Waals surface area contributed by atoms with Crippen LogP contribution < -0.4 is 11.1 Å². The third kappa shape index (κ3) is 4.50. The number of carbonyl (C=O) groups is 1. The maximum absolute atomic E-state index is 12.4. The molecule has 0 bridgehead atoms. The molecule has 5 heteroatoms. The van der Waals surface area contributed by atoms with Crippen LogP contribution in [0.2, 0.25) is 0 Å². The molecule has 0 saturated carbocycles. The van der Waals surface area contributed by atoms with Gasteiger partial charge in [-0.1, -0.05) is 48.5 Å². The Morgan fingerprint density at radius 3 is 2.65 bits per heavy atom. The van der Waals surface area contributed by atoms with Crippen molar-refractivity contribution in [3.8, 4) is 0 Å². The molecule has 2 unspecified atom stereocenters. The lowest BCUT2D eigenvalue weighted by molar-refractivity contribution is -0.123. The molecular formula is C18H21ClN2OS. The molecule has 2 aromatic carbocycles. The van der Waals surface area contributed by atoms with E-state index in [9.17, 15) is 4.79 Å². The number of hydrogen-bond acceptors (Lipinski definition) is 3. The summed E-state index contributed by atoms with van der Waals surface area (Å²) in [4.78, 5) is 13.6. The van der Waals surface area contributed by atoms with Crippen molar-refractivity contribution in [3.63, 3.8) is 0 Å². The maximum atomic E-state index is 12.4. The van der Waals surface area contributed by atoms with Gasteiger partial charge >= 0.3 is 0 Å². The van der Waals surface area contributed by atoms with Crippen LogP contribution in [0.3, 0.4) is 0 Å². The van der Waals surface area contributed by atoms with Crippen molar-refractivity contribution in [2.24, 2.45) is 5.73 Å². The van der Waals surface area contributed by atoms with E-state index < -0.39 is 6.04 Å². The highest BCUT2D eigenvalue weighted by Gasteiger charge is 2.24. The van der Waals surface area contributed by atoms with Gasteiger partial charge < -0.3 is 11.1 Å². The van der Waals surface area contributed by atoms with Gasteiger partial charge in [-0.15, -0.1) is 24.2 Å². The number of fused-ring (bicyclic) bond motifs is 1. The van der Waals surface area contributed by atoms with Gasteiger partial charge in [0.15, 0.2) is 0 Å². The van der Waals surface area contributed by atoms with E-state index in [1.807, 2.05) is 54.2 Å². The highest BCUT2D eigenvalue weighted by atomic mass is 35.5. The highest BCUT2D eigenvalue weighted by molar-refractivity contribution is 7.99. The second-order valence-corrected chi connectivity index (χ2v) is 6.67. The number of amides is 1. The minimum atomic E-state index is -0.510. The Bertz CT molecular complexity index is 650. The van der Waals surface area contributed by atoms with Gasteiger partial charge in [0.25, 0.3) is 0 Å². The van der Waals surface area contributed by atoms with Crippen molar-refractivity contribution >= 4 is 30.1 Å². The third-order valence-corrected chi connectivity index (χ3v) is 5.03. The first-order valence-electron chi connectivity index (χ1n) is 7.55. The minimum absolute atomic E-state index is 0. The van der Waals surface area contributed by atoms with Gasteiger partial charge in [0.1, 0.15) is 0 Å². The first kappa shape index (κ1) is 17.9. The third-order valence-electron chi connectivity index (χ3n) is 3.91. The smallest absolute Gasteiger partial charge is 0.237 e. The molecule has 0 aliphatic carbocycles. The van der Waals surface area contributed by atoms with Crippen LogP contribution in [0.25, 0.3) is 0 Å². The fourth-order valence-electron chi connectivity index (χ4n) is 2.73. The molecule has 3 N–H and O–H groups in total. The molecule has 2 aromatic rings. The summed E-state index contributed by atoms with van der Waals surface area (Å²) in [6.07, 6.45) is 1.52. The Balaban J connectivity index is 0.00000192. The van der Waals surface area contributed by atoms with Gasteiger partial charge in [-0.25, -0.2) is 0 Å². The molecule has 0 saturated heterocycles. The SMILES string of the molecule is Cl.NC(Cc1ccccc1)C(=O)NC1CCSc2ccccc21. The molecule has 1 amide bonds. The molecule has 1 aliphatic heterocycles. The number of nitrogens with one attached hydrogen (secondary N) is 1. The van der Waals surface area contributed by atoms with Gasteiger partial charge in [-0.3, -0.25) is 4.79 Å². The summed E-state index contributed by atoms with van der Waals surface area (Å²) in [6.45, 7) is 0. The maximum Gasteiger partial charge on any atom is 0.237 e. The van der Waals surface area contributed by atoms with Crippen LogP contribution in [0.5, 0.6) is 0 Å². The summed E-state index contributed by atoms with van der Waals surface area (Å²) >= 11 is 1.85. The number of thioether (sulfide) groups is 1. The first-order chi connectivity index (χ1) is 10.7. The number of halogens is 1.